The molecular weight excluding hydrogens is 240 g/mol. The van der Waals surface area contributed by atoms with E-state index in [0.29, 0.717) is 0 Å². The van der Waals surface area contributed by atoms with Gasteiger partial charge in [0, 0.05) is 52.0 Å². The number of carbonyl (C=O) groups excluding carboxylic acids is 1. The Morgan fingerprint density at radius 1 is 1.26 bits per heavy atom. The number of hydrogen-bond acceptors (Lipinski definition) is 3. The summed E-state index contributed by atoms with van der Waals surface area (Å²) in [6.45, 7) is 5.98. The summed E-state index contributed by atoms with van der Waals surface area (Å²) in [4.78, 5) is 20.1. The fourth-order valence-electron chi connectivity index (χ4n) is 2.51. The Labute approximate surface area is 112 Å². The number of carbonyl (C=O) groups is 1. The predicted molar refractivity (Wildman–Crippen MR) is 72.7 cm³/mol. The largest absolute Gasteiger partial charge is 0.340 e. The average molecular weight is 258 g/mol. The molecule has 5 heteroatoms. The zero-order valence-electron chi connectivity index (χ0n) is 11.1. The van der Waals surface area contributed by atoms with Crippen LogP contribution in [0.1, 0.15) is 12.6 Å². The Hall–Kier alpha value is -1.88. The second kappa shape index (κ2) is 5.01. The summed E-state index contributed by atoms with van der Waals surface area (Å²) in [5.41, 5.74) is 2.07. The molecule has 1 aliphatic heterocycles. The lowest BCUT2D eigenvalue weighted by Gasteiger charge is -2.33. The second-order valence-corrected chi connectivity index (χ2v) is 4.98. The van der Waals surface area contributed by atoms with E-state index in [0.717, 1.165) is 44.1 Å². The molecule has 1 amide bonds. The molecule has 3 rings (SSSR count). The molecule has 0 aromatic carbocycles. The molecule has 2 aromatic rings. The van der Waals surface area contributed by atoms with Gasteiger partial charge in [-0.25, -0.2) is 4.98 Å². The fraction of sp³-hybridized carbons (Fsp3) is 0.429. The molecule has 0 radical (unpaired) electrons. The van der Waals surface area contributed by atoms with Crippen LogP contribution in [0.5, 0.6) is 0 Å². The lowest BCUT2D eigenvalue weighted by atomic mass is 10.3. The number of nitrogens with zero attached hydrogens (tertiary/aromatic N) is 4. The maximum atomic E-state index is 11.3. The molecule has 0 aliphatic carbocycles. The Morgan fingerprint density at radius 2 is 2.05 bits per heavy atom. The number of amides is 1. The van der Waals surface area contributed by atoms with Gasteiger partial charge in [0.25, 0.3) is 0 Å². The van der Waals surface area contributed by atoms with Crippen molar-refractivity contribution in [3.05, 3.63) is 36.3 Å². The van der Waals surface area contributed by atoms with Crippen molar-refractivity contribution in [2.75, 3.05) is 26.2 Å². The highest BCUT2D eigenvalue weighted by Crippen LogP contribution is 2.10. The summed E-state index contributed by atoms with van der Waals surface area (Å²) < 4.78 is 2.04. The molecule has 0 unspecified atom stereocenters. The summed E-state index contributed by atoms with van der Waals surface area (Å²) in [5, 5.41) is 0. The minimum Gasteiger partial charge on any atom is -0.340 e. The van der Waals surface area contributed by atoms with Crippen molar-refractivity contribution in [3.8, 4) is 0 Å². The van der Waals surface area contributed by atoms with Gasteiger partial charge in [0.2, 0.25) is 5.91 Å². The van der Waals surface area contributed by atoms with Crippen LogP contribution in [0.3, 0.4) is 0 Å². The van der Waals surface area contributed by atoms with Gasteiger partial charge in [-0.3, -0.25) is 9.69 Å². The van der Waals surface area contributed by atoms with E-state index >= 15 is 0 Å². The zero-order valence-corrected chi connectivity index (χ0v) is 11.1. The topological polar surface area (TPSA) is 40.9 Å². The molecule has 2 aromatic heterocycles. The first-order valence-corrected chi connectivity index (χ1v) is 6.63. The van der Waals surface area contributed by atoms with E-state index < -0.39 is 0 Å². The van der Waals surface area contributed by atoms with Gasteiger partial charge in [0.1, 0.15) is 5.65 Å². The molecule has 3 heterocycles. The van der Waals surface area contributed by atoms with Gasteiger partial charge < -0.3 is 9.30 Å². The Balaban J connectivity index is 1.64. The molecular formula is C14H18N4O. The molecule has 1 aliphatic rings. The molecule has 19 heavy (non-hydrogen) atoms. The smallest absolute Gasteiger partial charge is 0.219 e. The summed E-state index contributed by atoms with van der Waals surface area (Å²) in [7, 11) is 0. The number of piperazine rings is 1. The van der Waals surface area contributed by atoms with Gasteiger partial charge in [0.15, 0.2) is 0 Å². The third kappa shape index (κ3) is 2.61. The van der Waals surface area contributed by atoms with E-state index in [1.54, 1.807) is 6.92 Å². The van der Waals surface area contributed by atoms with Gasteiger partial charge in [0.05, 0.1) is 5.69 Å². The highest BCUT2D eigenvalue weighted by molar-refractivity contribution is 5.73. The lowest BCUT2D eigenvalue weighted by molar-refractivity contribution is -0.130. The highest BCUT2D eigenvalue weighted by atomic mass is 16.2. The SMILES string of the molecule is CC(=O)N1CCN(Cc2cn3ccccc3n2)CC1. The van der Waals surface area contributed by atoms with Crippen molar-refractivity contribution in [1.82, 2.24) is 19.2 Å². The van der Waals surface area contributed by atoms with E-state index in [2.05, 4.69) is 16.1 Å². The first-order chi connectivity index (χ1) is 9.22. The molecule has 0 bridgehead atoms. The van der Waals surface area contributed by atoms with E-state index in [9.17, 15) is 4.79 Å². The first-order valence-electron chi connectivity index (χ1n) is 6.63. The van der Waals surface area contributed by atoms with E-state index in [1.165, 1.54) is 0 Å². The standard InChI is InChI=1S/C14H18N4O/c1-12(19)17-8-6-16(7-9-17)10-13-11-18-5-3-2-4-14(18)15-13/h2-5,11H,6-10H2,1H3. The van der Waals surface area contributed by atoms with Crippen LogP contribution in [0, 0.1) is 0 Å². The van der Waals surface area contributed by atoms with Gasteiger partial charge in [-0.2, -0.15) is 0 Å². The quantitative estimate of drug-likeness (QED) is 0.807. The lowest BCUT2D eigenvalue weighted by Crippen LogP contribution is -2.47. The molecule has 0 saturated carbocycles. The number of aromatic nitrogens is 2. The Morgan fingerprint density at radius 3 is 2.74 bits per heavy atom. The number of hydrogen-bond donors (Lipinski definition) is 0. The molecule has 100 valence electrons. The average Bonchev–Trinajstić information content (AvgIpc) is 2.81. The summed E-state index contributed by atoms with van der Waals surface area (Å²) in [6.07, 6.45) is 4.09. The predicted octanol–water partition coefficient (Wildman–Crippen LogP) is 0.998. The van der Waals surface area contributed by atoms with Crippen LogP contribution in [0.15, 0.2) is 30.6 Å². The summed E-state index contributed by atoms with van der Waals surface area (Å²) >= 11 is 0. The number of pyridine rings is 1. The van der Waals surface area contributed by atoms with E-state index in [-0.39, 0.29) is 5.91 Å². The maximum Gasteiger partial charge on any atom is 0.219 e. The van der Waals surface area contributed by atoms with Gasteiger partial charge in [-0.05, 0) is 12.1 Å². The Bertz CT molecular complexity index is 551. The molecule has 0 spiro atoms. The maximum absolute atomic E-state index is 11.3. The molecule has 1 fully saturated rings. The van der Waals surface area contributed by atoms with Crippen LogP contribution < -0.4 is 0 Å². The zero-order chi connectivity index (χ0) is 13.2. The second-order valence-electron chi connectivity index (χ2n) is 4.98. The Kier molecular flexibility index (Phi) is 3.21. The van der Waals surface area contributed by atoms with Gasteiger partial charge in [-0.15, -0.1) is 0 Å². The molecule has 0 atom stereocenters. The monoisotopic (exact) mass is 258 g/mol. The van der Waals surface area contributed by atoms with Crippen molar-refractivity contribution in [1.29, 1.82) is 0 Å². The van der Waals surface area contributed by atoms with Crippen molar-refractivity contribution in [3.63, 3.8) is 0 Å². The van der Waals surface area contributed by atoms with Crippen LogP contribution in [0.4, 0.5) is 0 Å². The van der Waals surface area contributed by atoms with Crippen molar-refractivity contribution < 1.29 is 4.79 Å². The summed E-state index contributed by atoms with van der Waals surface area (Å²) in [6, 6.07) is 6.01. The van der Waals surface area contributed by atoms with Crippen molar-refractivity contribution >= 4 is 11.6 Å². The van der Waals surface area contributed by atoms with Gasteiger partial charge >= 0.3 is 0 Å². The van der Waals surface area contributed by atoms with Crippen LogP contribution in [0.25, 0.3) is 5.65 Å². The van der Waals surface area contributed by atoms with E-state index in [1.807, 2.05) is 33.7 Å². The summed E-state index contributed by atoms with van der Waals surface area (Å²) in [5.74, 6) is 0.174. The fourth-order valence-corrected chi connectivity index (χ4v) is 2.51. The third-order valence-electron chi connectivity index (χ3n) is 3.62. The van der Waals surface area contributed by atoms with Crippen LogP contribution in [0.2, 0.25) is 0 Å². The van der Waals surface area contributed by atoms with Crippen molar-refractivity contribution in [2.45, 2.75) is 13.5 Å². The van der Waals surface area contributed by atoms with Crippen molar-refractivity contribution in [2.24, 2.45) is 0 Å². The van der Waals surface area contributed by atoms with Gasteiger partial charge in [-0.1, -0.05) is 6.07 Å². The minimum atomic E-state index is 0.174. The first kappa shape index (κ1) is 12.2. The normalized spacial score (nSPS) is 17.0. The minimum absolute atomic E-state index is 0.174. The molecule has 5 nitrogen and oxygen atoms in total. The number of imidazole rings is 1. The number of fused-ring (bicyclic) bond motifs is 1. The van der Waals surface area contributed by atoms with E-state index in [4.69, 9.17) is 0 Å². The number of rotatable bonds is 2. The van der Waals surface area contributed by atoms with Crippen LogP contribution >= 0.6 is 0 Å². The third-order valence-corrected chi connectivity index (χ3v) is 3.62. The van der Waals surface area contributed by atoms with Crippen LogP contribution in [-0.4, -0.2) is 51.3 Å². The molecule has 0 N–H and O–H groups in total. The van der Waals surface area contributed by atoms with Crippen LogP contribution in [-0.2, 0) is 11.3 Å². The molecule has 1 saturated heterocycles. The highest BCUT2D eigenvalue weighted by Gasteiger charge is 2.19.